The summed E-state index contributed by atoms with van der Waals surface area (Å²) in [5.74, 6) is 0. The molecule has 0 saturated carbocycles. The molecule has 0 unspecified atom stereocenters. The summed E-state index contributed by atoms with van der Waals surface area (Å²) in [6.07, 6.45) is 0. The molecule has 98 valence electrons. The average molecular weight is 236 g/mol. The molecule has 0 aromatic rings. The van der Waals surface area contributed by atoms with Crippen molar-refractivity contribution in [2.75, 3.05) is 33.2 Å². The minimum absolute atomic E-state index is 0.347. The molecule has 2 nitrogen and oxygen atoms in total. The Morgan fingerprint density at radius 3 is 1.76 bits per heavy atom. The minimum atomic E-state index is 0.347. The van der Waals surface area contributed by atoms with Crippen molar-refractivity contribution in [1.82, 2.24) is 10.2 Å². The highest BCUT2D eigenvalue weighted by Crippen LogP contribution is 2.31. The van der Waals surface area contributed by atoms with Gasteiger partial charge in [0.15, 0.2) is 0 Å². The Bertz CT molecular complexity index is 313. The minimum Gasteiger partial charge on any atom is -0.312 e. The first-order valence-corrected chi connectivity index (χ1v) is 6.41. The zero-order valence-corrected chi connectivity index (χ0v) is 12.2. The fourth-order valence-corrected chi connectivity index (χ4v) is 2.27. The standard InChI is InChI=1S/C8H15N.C7H13N/c1-7-5-9(4)6-8(7,2)3;1-6-4-8-5-7(6,2)3/h1,5-6H2,2-4H3;8H,1,4-5H2,2-3H3. The number of nitrogens with one attached hydrogen (secondary N) is 1. The van der Waals surface area contributed by atoms with Gasteiger partial charge in [-0.3, -0.25) is 0 Å². The van der Waals surface area contributed by atoms with Crippen molar-refractivity contribution in [1.29, 1.82) is 0 Å². The van der Waals surface area contributed by atoms with Crippen molar-refractivity contribution in [2.24, 2.45) is 10.8 Å². The highest BCUT2D eigenvalue weighted by Gasteiger charge is 2.30. The van der Waals surface area contributed by atoms with Gasteiger partial charge in [0.1, 0.15) is 0 Å². The molecule has 2 saturated heterocycles. The lowest BCUT2D eigenvalue weighted by atomic mass is 9.89. The Morgan fingerprint density at radius 2 is 1.65 bits per heavy atom. The molecule has 0 aliphatic carbocycles. The summed E-state index contributed by atoms with van der Waals surface area (Å²) in [4.78, 5) is 2.31. The Labute approximate surface area is 107 Å². The second-order valence-corrected chi connectivity index (χ2v) is 6.75. The Hall–Kier alpha value is -0.600. The van der Waals surface area contributed by atoms with E-state index in [2.05, 4.69) is 58.1 Å². The van der Waals surface area contributed by atoms with E-state index in [1.54, 1.807) is 0 Å². The average Bonchev–Trinajstić information content (AvgIpc) is 2.55. The van der Waals surface area contributed by atoms with Crippen molar-refractivity contribution in [3.05, 3.63) is 24.3 Å². The molecule has 17 heavy (non-hydrogen) atoms. The quantitative estimate of drug-likeness (QED) is 0.651. The lowest BCUT2D eigenvalue weighted by Crippen LogP contribution is -2.18. The summed E-state index contributed by atoms with van der Waals surface area (Å²) in [6, 6.07) is 0. The van der Waals surface area contributed by atoms with Gasteiger partial charge in [0.05, 0.1) is 0 Å². The summed E-state index contributed by atoms with van der Waals surface area (Å²) in [5, 5.41) is 3.26. The summed E-state index contributed by atoms with van der Waals surface area (Å²) in [5.41, 5.74) is 3.40. The van der Waals surface area contributed by atoms with Gasteiger partial charge in [-0.25, -0.2) is 0 Å². The molecule has 1 N–H and O–H groups in total. The van der Waals surface area contributed by atoms with Crippen LogP contribution in [0.25, 0.3) is 0 Å². The van der Waals surface area contributed by atoms with Gasteiger partial charge in [-0.05, 0) is 17.9 Å². The van der Waals surface area contributed by atoms with E-state index >= 15 is 0 Å². The van der Waals surface area contributed by atoms with Crippen LogP contribution in [0.5, 0.6) is 0 Å². The molecule has 2 heteroatoms. The molecule has 0 bridgehead atoms. The second-order valence-electron chi connectivity index (χ2n) is 6.75. The van der Waals surface area contributed by atoms with Gasteiger partial charge < -0.3 is 10.2 Å². The molecule has 2 aliphatic heterocycles. The maximum atomic E-state index is 4.02. The number of likely N-dealkylation sites (tertiary alicyclic amines) is 1. The lowest BCUT2D eigenvalue weighted by molar-refractivity contribution is 0.346. The Kier molecular flexibility index (Phi) is 4.21. The summed E-state index contributed by atoms with van der Waals surface area (Å²) >= 11 is 0. The van der Waals surface area contributed by atoms with Crippen LogP contribution in [-0.2, 0) is 0 Å². The van der Waals surface area contributed by atoms with Crippen molar-refractivity contribution < 1.29 is 0 Å². The maximum Gasteiger partial charge on any atom is 0.0193 e. The first-order valence-electron chi connectivity index (χ1n) is 6.41. The Morgan fingerprint density at radius 1 is 1.06 bits per heavy atom. The van der Waals surface area contributed by atoms with Crippen LogP contribution in [0.4, 0.5) is 0 Å². The van der Waals surface area contributed by atoms with Gasteiger partial charge >= 0.3 is 0 Å². The number of hydrogen-bond acceptors (Lipinski definition) is 2. The van der Waals surface area contributed by atoms with Gasteiger partial charge in [-0.15, -0.1) is 0 Å². The van der Waals surface area contributed by atoms with Crippen LogP contribution in [-0.4, -0.2) is 38.1 Å². The molecule has 0 atom stereocenters. The van der Waals surface area contributed by atoms with E-state index in [0.717, 1.165) is 26.2 Å². The number of rotatable bonds is 0. The van der Waals surface area contributed by atoms with Crippen molar-refractivity contribution in [3.8, 4) is 0 Å². The zero-order chi connectivity index (χ0) is 13.3. The highest BCUT2D eigenvalue weighted by atomic mass is 15.1. The van der Waals surface area contributed by atoms with Gasteiger partial charge in [-0.2, -0.15) is 0 Å². The zero-order valence-electron chi connectivity index (χ0n) is 12.2. The first-order chi connectivity index (χ1) is 7.65. The van der Waals surface area contributed by atoms with Crippen LogP contribution in [0.3, 0.4) is 0 Å². The summed E-state index contributed by atoms with van der Waals surface area (Å²) in [6.45, 7) is 21.2. The molecule has 2 aliphatic rings. The van der Waals surface area contributed by atoms with E-state index in [-0.39, 0.29) is 0 Å². The molecule has 0 amide bonds. The molecule has 2 rings (SSSR count). The normalized spacial score (nSPS) is 26.9. The third kappa shape index (κ3) is 3.68. The van der Waals surface area contributed by atoms with Crippen LogP contribution < -0.4 is 5.32 Å². The molecular formula is C15H28N2. The number of hydrogen-bond donors (Lipinski definition) is 1. The SMILES string of the molecule is C=C1CN(C)CC1(C)C.C=C1CNCC1(C)C. The van der Waals surface area contributed by atoms with E-state index in [4.69, 9.17) is 0 Å². The van der Waals surface area contributed by atoms with Crippen LogP contribution in [0.2, 0.25) is 0 Å². The highest BCUT2D eigenvalue weighted by molar-refractivity contribution is 5.15. The Balaban J connectivity index is 0.000000171. The van der Waals surface area contributed by atoms with Crippen LogP contribution >= 0.6 is 0 Å². The molecule has 0 radical (unpaired) electrons. The maximum absolute atomic E-state index is 4.02. The number of likely N-dealkylation sites (N-methyl/N-ethyl adjacent to an activating group) is 1. The number of nitrogens with zero attached hydrogens (tertiary/aromatic N) is 1. The van der Waals surface area contributed by atoms with Crippen molar-refractivity contribution in [3.63, 3.8) is 0 Å². The van der Waals surface area contributed by atoms with Crippen LogP contribution in [0, 0.1) is 10.8 Å². The summed E-state index contributed by atoms with van der Waals surface area (Å²) < 4.78 is 0. The van der Waals surface area contributed by atoms with Crippen molar-refractivity contribution >= 4 is 0 Å². The van der Waals surface area contributed by atoms with E-state index in [9.17, 15) is 0 Å². The third-order valence-corrected chi connectivity index (χ3v) is 3.95. The van der Waals surface area contributed by atoms with Gasteiger partial charge in [0.25, 0.3) is 0 Å². The lowest BCUT2D eigenvalue weighted by Gasteiger charge is -2.17. The predicted octanol–water partition coefficient (Wildman–Crippen LogP) is 2.69. The van der Waals surface area contributed by atoms with Gasteiger partial charge in [0.2, 0.25) is 0 Å². The fourth-order valence-electron chi connectivity index (χ4n) is 2.27. The smallest absolute Gasteiger partial charge is 0.0193 e. The molecular weight excluding hydrogens is 208 g/mol. The predicted molar refractivity (Wildman–Crippen MR) is 76.2 cm³/mol. The second kappa shape index (κ2) is 4.95. The third-order valence-electron chi connectivity index (χ3n) is 3.95. The summed E-state index contributed by atoms with van der Waals surface area (Å²) in [7, 11) is 2.14. The van der Waals surface area contributed by atoms with Gasteiger partial charge in [0, 0.05) is 26.2 Å². The van der Waals surface area contributed by atoms with Crippen LogP contribution in [0.15, 0.2) is 24.3 Å². The molecule has 0 spiro atoms. The van der Waals surface area contributed by atoms with E-state index in [1.165, 1.54) is 11.1 Å². The van der Waals surface area contributed by atoms with Crippen LogP contribution in [0.1, 0.15) is 27.7 Å². The largest absolute Gasteiger partial charge is 0.312 e. The molecule has 0 aromatic carbocycles. The first kappa shape index (κ1) is 14.5. The van der Waals surface area contributed by atoms with Crippen molar-refractivity contribution in [2.45, 2.75) is 27.7 Å². The van der Waals surface area contributed by atoms with E-state index < -0.39 is 0 Å². The van der Waals surface area contributed by atoms with Gasteiger partial charge in [-0.1, -0.05) is 52.0 Å². The molecule has 2 heterocycles. The van der Waals surface area contributed by atoms with E-state index in [1.807, 2.05) is 0 Å². The topological polar surface area (TPSA) is 15.3 Å². The molecule has 0 aromatic heterocycles. The monoisotopic (exact) mass is 236 g/mol. The molecule has 2 fully saturated rings. The fraction of sp³-hybridized carbons (Fsp3) is 0.733. The van der Waals surface area contributed by atoms with E-state index in [0.29, 0.717) is 10.8 Å².